The standard InChI is InChI=1S/C21H22N4O2/c1-14-2-4-15(5-3-14)17-8-9-18-20(22-23-25(18)12-17)19-13-24(10-11-27-19)21(26)16-6-7-16/h2-5,8-9,12,16,19H,6-7,10-11,13H2,1H3/t19-/m1/s1. The van der Waals surface area contributed by atoms with Gasteiger partial charge in [0.05, 0.1) is 18.7 Å². The number of hydrogen-bond acceptors (Lipinski definition) is 4. The molecule has 138 valence electrons. The van der Waals surface area contributed by atoms with Gasteiger partial charge in [-0.2, -0.15) is 0 Å². The van der Waals surface area contributed by atoms with Crippen LogP contribution in [0.2, 0.25) is 0 Å². The highest BCUT2D eigenvalue weighted by atomic mass is 16.5. The highest BCUT2D eigenvalue weighted by molar-refractivity contribution is 5.81. The Bertz CT molecular complexity index is 991. The fourth-order valence-electron chi connectivity index (χ4n) is 3.66. The van der Waals surface area contributed by atoms with Crippen LogP contribution in [0.4, 0.5) is 0 Å². The molecule has 0 N–H and O–H groups in total. The summed E-state index contributed by atoms with van der Waals surface area (Å²) in [4.78, 5) is 14.3. The predicted molar refractivity (Wildman–Crippen MR) is 101 cm³/mol. The minimum atomic E-state index is -0.218. The van der Waals surface area contributed by atoms with E-state index < -0.39 is 0 Å². The molecule has 0 unspecified atom stereocenters. The number of ether oxygens (including phenoxy) is 1. The van der Waals surface area contributed by atoms with E-state index in [2.05, 4.69) is 47.6 Å². The number of pyridine rings is 1. The van der Waals surface area contributed by atoms with Gasteiger partial charge in [-0.25, -0.2) is 4.52 Å². The second-order valence-electron chi connectivity index (χ2n) is 7.51. The Balaban J connectivity index is 1.42. The fourth-order valence-corrected chi connectivity index (χ4v) is 3.66. The largest absolute Gasteiger partial charge is 0.368 e. The SMILES string of the molecule is Cc1ccc(-c2ccc3c([C@H]4CN(C(=O)C5CC5)CCO4)nnn3c2)cc1. The van der Waals surface area contributed by atoms with Gasteiger partial charge in [0.25, 0.3) is 0 Å². The van der Waals surface area contributed by atoms with E-state index in [-0.39, 0.29) is 17.9 Å². The quantitative estimate of drug-likeness (QED) is 0.719. The predicted octanol–water partition coefficient (Wildman–Crippen LogP) is 3.01. The zero-order valence-corrected chi connectivity index (χ0v) is 15.3. The monoisotopic (exact) mass is 362 g/mol. The van der Waals surface area contributed by atoms with Crippen molar-refractivity contribution in [2.45, 2.75) is 25.9 Å². The number of hydrogen-bond donors (Lipinski definition) is 0. The molecular formula is C21H22N4O2. The molecular weight excluding hydrogens is 340 g/mol. The molecule has 1 saturated carbocycles. The molecule has 1 aromatic carbocycles. The van der Waals surface area contributed by atoms with E-state index in [9.17, 15) is 4.79 Å². The van der Waals surface area contributed by atoms with Crippen molar-refractivity contribution in [3.8, 4) is 11.1 Å². The Morgan fingerprint density at radius 2 is 1.89 bits per heavy atom. The van der Waals surface area contributed by atoms with Crippen LogP contribution in [0, 0.1) is 12.8 Å². The number of carbonyl (C=O) groups excluding carboxylic acids is 1. The zero-order valence-electron chi connectivity index (χ0n) is 15.3. The summed E-state index contributed by atoms with van der Waals surface area (Å²) >= 11 is 0. The molecule has 5 rings (SSSR count). The topological polar surface area (TPSA) is 59.7 Å². The van der Waals surface area contributed by atoms with Gasteiger partial charge in [0.2, 0.25) is 5.91 Å². The van der Waals surface area contributed by atoms with Gasteiger partial charge < -0.3 is 9.64 Å². The molecule has 1 aliphatic heterocycles. The maximum absolute atomic E-state index is 12.4. The number of aromatic nitrogens is 3. The van der Waals surface area contributed by atoms with Crippen molar-refractivity contribution in [2.75, 3.05) is 19.7 Å². The van der Waals surface area contributed by atoms with Gasteiger partial charge >= 0.3 is 0 Å². The number of fused-ring (bicyclic) bond motifs is 1. The third kappa shape index (κ3) is 3.10. The number of morpholine rings is 1. The smallest absolute Gasteiger partial charge is 0.225 e. The first-order valence-electron chi connectivity index (χ1n) is 9.51. The summed E-state index contributed by atoms with van der Waals surface area (Å²) in [5, 5.41) is 8.67. The average Bonchev–Trinajstić information content (AvgIpc) is 3.47. The Kier molecular flexibility index (Phi) is 3.93. The second-order valence-corrected chi connectivity index (χ2v) is 7.51. The summed E-state index contributed by atoms with van der Waals surface area (Å²) in [6.07, 6.45) is 3.82. The molecule has 0 bridgehead atoms. The van der Waals surface area contributed by atoms with Crippen molar-refractivity contribution in [2.24, 2.45) is 5.92 Å². The minimum absolute atomic E-state index is 0.218. The number of rotatable bonds is 3. The first-order chi connectivity index (χ1) is 13.2. The van der Waals surface area contributed by atoms with Crippen LogP contribution in [0.1, 0.15) is 30.2 Å². The molecule has 2 aliphatic rings. The summed E-state index contributed by atoms with van der Waals surface area (Å²) in [5.41, 5.74) is 5.21. The van der Waals surface area contributed by atoms with E-state index >= 15 is 0 Å². The van der Waals surface area contributed by atoms with E-state index in [1.807, 2.05) is 17.2 Å². The molecule has 1 atom stereocenters. The number of aryl methyl sites for hydroxylation is 1. The maximum Gasteiger partial charge on any atom is 0.225 e. The van der Waals surface area contributed by atoms with E-state index in [1.165, 1.54) is 5.56 Å². The van der Waals surface area contributed by atoms with Gasteiger partial charge in [0.1, 0.15) is 11.8 Å². The van der Waals surface area contributed by atoms with Gasteiger partial charge in [-0.15, -0.1) is 5.10 Å². The van der Waals surface area contributed by atoms with Gasteiger partial charge in [-0.1, -0.05) is 41.1 Å². The van der Waals surface area contributed by atoms with Crippen molar-refractivity contribution >= 4 is 11.4 Å². The van der Waals surface area contributed by atoms with Crippen LogP contribution in [0.25, 0.3) is 16.6 Å². The molecule has 2 aromatic heterocycles. The highest BCUT2D eigenvalue weighted by Crippen LogP contribution is 2.33. The number of benzene rings is 1. The summed E-state index contributed by atoms with van der Waals surface area (Å²) in [6, 6.07) is 12.6. The van der Waals surface area contributed by atoms with Gasteiger partial charge in [0.15, 0.2) is 0 Å². The highest BCUT2D eigenvalue weighted by Gasteiger charge is 2.36. The summed E-state index contributed by atoms with van der Waals surface area (Å²) in [7, 11) is 0. The molecule has 3 aromatic rings. The Morgan fingerprint density at radius 1 is 1.11 bits per heavy atom. The van der Waals surface area contributed by atoms with Crippen molar-refractivity contribution in [3.63, 3.8) is 0 Å². The Labute approximate surface area is 157 Å². The number of carbonyl (C=O) groups is 1. The average molecular weight is 362 g/mol. The fraction of sp³-hybridized carbons (Fsp3) is 0.381. The molecule has 1 amide bonds. The molecule has 1 aliphatic carbocycles. The zero-order chi connectivity index (χ0) is 18.4. The summed E-state index contributed by atoms with van der Waals surface area (Å²) in [6.45, 7) is 3.85. The third-order valence-corrected chi connectivity index (χ3v) is 5.43. The van der Waals surface area contributed by atoms with Crippen molar-refractivity contribution < 1.29 is 9.53 Å². The first kappa shape index (κ1) is 16.4. The number of nitrogens with zero attached hydrogens (tertiary/aromatic N) is 4. The van der Waals surface area contributed by atoms with Crippen LogP contribution in [0.5, 0.6) is 0 Å². The van der Waals surface area contributed by atoms with Crippen molar-refractivity contribution in [1.29, 1.82) is 0 Å². The van der Waals surface area contributed by atoms with Crippen LogP contribution >= 0.6 is 0 Å². The number of amides is 1. The summed E-state index contributed by atoms with van der Waals surface area (Å²) in [5.74, 6) is 0.499. The molecule has 0 spiro atoms. The third-order valence-electron chi connectivity index (χ3n) is 5.43. The van der Waals surface area contributed by atoms with E-state index in [0.717, 1.165) is 35.2 Å². The molecule has 3 heterocycles. The minimum Gasteiger partial charge on any atom is -0.368 e. The molecule has 2 fully saturated rings. The van der Waals surface area contributed by atoms with Crippen LogP contribution in [0.3, 0.4) is 0 Å². The lowest BCUT2D eigenvalue weighted by Crippen LogP contribution is -2.43. The molecule has 27 heavy (non-hydrogen) atoms. The van der Waals surface area contributed by atoms with Gasteiger partial charge in [-0.3, -0.25) is 4.79 Å². The second kappa shape index (κ2) is 6.46. The van der Waals surface area contributed by atoms with Gasteiger partial charge in [-0.05, 0) is 31.4 Å². The Hall–Kier alpha value is -2.73. The van der Waals surface area contributed by atoms with Crippen molar-refractivity contribution in [1.82, 2.24) is 19.7 Å². The maximum atomic E-state index is 12.4. The van der Waals surface area contributed by atoms with E-state index in [1.54, 1.807) is 4.52 Å². The van der Waals surface area contributed by atoms with Crippen LogP contribution in [0.15, 0.2) is 42.6 Å². The summed E-state index contributed by atoms with van der Waals surface area (Å²) < 4.78 is 7.73. The van der Waals surface area contributed by atoms with Crippen molar-refractivity contribution in [3.05, 3.63) is 53.9 Å². The Morgan fingerprint density at radius 3 is 2.67 bits per heavy atom. The lowest BCUT2D eigenvalue weighted by Gasteiger charge is -2.32. The van der Waals surface area contributed by atoms with Crippen LogP contribution < -0.4 is 0 Å². The molecule has 6 nitrogen and oxygen atoms in total. The normalized spacial score (nSPS) is 20.2. The van der Waals surface area contributed by atoms with Crippen LogP contribution in [-0.2, 0) is 9.53 Å². The lowest BCUT2D eigenvalue weighted by molar-refractivity contribution is -0.140. The lowest BCUT2D eigenvalue weighted by atomic mass is 10.1. The van der Waals surface area contributed by atoms with Crippen LogP contribution in [-0.4, -0.2) is 45.3 Å². The molecule has 0 radical (unpaired) electrons. The molecule has 1 saturated heterocycles. The van der Waals surface area contributed by atoms with E-state index in [4.69, 9.17) is 4.74 Å². The van der Waals surface area contributed by atoms with Gasteiger partial charge in [0, 0.05) is 24.2 Å². The first-order valence-corrected chi connectivity index (χ1v) is 9.51. The molecule has 6 heteroatoms. The van der Waals surface area contributed by atoms with E-state index in [0.29, 0.717) is 19.7 Å².